The van der Waals surface area contributed by atoms with Gasteiger partial charge in [-0.1, -0.05) is 50.0 Å². The van der Waals surface area contributed by atoms with Crippen molar-refractivity contribution < 1.29 is 4.79 Å². The molecule has 1 aromatic carbocycles. The lowest BCUT2D eigenvalue weighted by molar-refractivity contribution is -0.117. The molecule has 0 spiro atoms. The van der Waals surface area contributed by atoms with E-state index in [1.54, 1.807) is 18.2 Å². The fourth-order valence-electron chi connectivity index (χ4n) is 1.31. The van der Waals surface area contributed by atoms with Gasteiger partial charge in [0.15, 0.2) is 0 Å². The lowest BCUT2D eigenvalue weighted by Gasteiger charge is -2.26. The molecule has 1 amide bonds. The maximum atomic E-state index is 11.8. The van der Waals surface area contributed by atoms with Crippen LogP contribution < -0.4 is 11.1 Å². The van der Waals surface area contributed by atoms with Crippen LogP contribution in [0.15, 0.2) is 18.2 Å². The number of anilines is 1. The molecule has 0 aliphatic heterocycles. The average molecular weight is 289 g/mol. The highest BCUT2D eigenvalue weighted by Gasteiger charge is 2.23. The van der Waals surface area contributed by atoms with Crippen LogP contribution in [-0.2, 0) is 4.79 Å². The van der Waals surface area contributed by atoms with Gasteiger partial charge in [-0.15, -0.1) is 0 Å². The van der Waals surface area contributed by atoms with Crippen LogP contribution >= 0.6 is 23.2 Å². The minimum atomic E-state index is -0.213. The van der Waals surface area contributed by atoms with Gasteiger partial charge in [0, 0.05) is 12.5 Å². The van der Waals surface area contributed by atoms with Gasteiger partial charge in [-0.25, -0.2) is 0 Å². The number of nitrogens with two attached hydrogens (primary N) is 1. The predicted molar refractivity (Wildman–Crippen MR) is 77.1 cm³/mol. The summed E-state index contributed by atoms with van der Waals surface area (Å²) < 4.78 is 0. The molecule has 0 aliphatic carbocycles. The van der Waals surface area contributed by atoms with Crippen molar-refractivity contribution in [3.8, 4) is 0 Å². The molecule has 100 valence electrons. The van der Waals surface area contributed by atoms with E-state index in [1.807, 2.05) is 20.8 Å². The number of carbonyl (C=O) groups excluding carboxylic acids is 1. The minimum Gasteiger partial charge on any atom is -0.327 e. The highest BCUT2D eigenvalue weighted by molar-refractivity contribution is 6.43. The Labute approximate surface area is 118 Å². The Bertz CT molecular complexity index is 441. The van der Waals surface area contributed by atoms with Crippen molar-refractivity contribution in [3.05, 3.63) is 28.2 Å². The molecular weight excluding hydrogens is 271 g/mol. The van der Waals surface area contributed by atoms with Gasteiger partial charge in [-0.05, 0) is 17.5 Å². The van der Waals surface area contributed by atoms with E-state index in [0.717, 1.165) is 0 Å². The van der Waals surface area contributed by atoms with E-state index in [4.69, 9.17) is 28.9 Å². The number of amides is 1. The Balaban J connectivity index is 2.69. The molecule has 0 saturated carbocycles. The zero-order chi connectivity index (χ0) is 13.9. The molecule has 5 heteroatoms. The van der Waals surface area contributed by atoms with Crippen LogP contribution in [0, 0.1) is 5.41 Å². The maximum Gasteiger partial charge on any atom is 0.225 e. The van der Waals surface area contributed by atoms with E-state index >= 15 is 0 Å². The second-order valence-corrected chi connectivity index (χ2v) is 6.11. The van der Waals surface area contributed by atoms with Crippen molar-refractivity contribution in [2.45, 2.75) is 33.2 Å². The predicted octanol–water partition coefficient (Wildman–Crippen LogP) is 3.70. The molecule has 0 aliphatic rings. The second-order valence-electron chi connectivity index (χ2n) is 5.33. The van der Waals surface area contributed by atoms with Crippen LogP contribution in [-0.4, -0.2) is 11.9 Å². The number of nitrogens with one attached hydrogen (secondary N) is 1. The summed E-state index contributed by atoms with van der Waals surface area (Å²) in [5.41, 5.74) is 6.35. The highest BCUT2D eigenvalue weighted by atomic mass is 35.5. The lowest BCUT2D eigenvalue weighted by atomic mass is 9.85. The molecular formula is C13H18Cl2N2O. The van der Waals surface area contributed by atoms with Crippen molar-refractivity contribution in [1.29, 1.82) is 0 Å². The third kappa shape index (κ3) is 4.16. The quantitative estimate of drug-likeness (QED) is 0.891. The van der Waals surface area contributed by atoms with E-state index in [2.05, 4.69) is 5.32 Å². The first kappa shape index (κ1) is 15.3. The maximum absolute atomic E-state index is 11.8. The minimum absolute atomic E-state index is 0.116. The van der Waals surface area contributed by atoms with Gasteiger partial charge in [0.1, 0.15) is 0 Å². The summed E-state index contributed by atoms with van der Waals surface area (Å²) in [6, 6.07) is 4.89. The number of rotatable bonds is 3. The van der Waals surface area contributed by atoms with Gasteiger partial charge in [0.25, 0.3) is 0 Å². The zero-order valence-corrected chi connectivity index (χ0v) is 12.3. The van der Waals surface area contributed by atoms with Gasteiger partial charge in [0.05, 0.1) is 15.7 Å². The average Bonchev–Trinajstić information content (AvgIpc) is 2.23. The highest BCUT2D eigenvalue weighted by Crippen LogP contribution is 2.30. The normalized spacial score (nSPS) is 13.2. The SMILES string of the molecule is CC(C)(C)C(N)CC(=O)Nc1cccc(Cl)c1Cl. The fraction of sp³-hybridized carbons (Fsp3) is 0.462. The molecule has 1 unspecified atom stereocenters. The zero-order valence-electron chi connectivity index (χ0n) is 10.8. The Morgan fingerprint density at radius 1 is 1.39 bits per heavy atom. The van der Waals surface area contributed by atoms with Crippen LogP contribution in [0.2, 0.25) is 10.0 Å². The first-order valence-corrected chi connectivity index (χ1v) is 6.47. The van der Waals surface area contributed by atoms with Crippen LogP contribution in [0.1, 0.15) is 27.2 Å². The van der Waals surface area contributed by atoms with E-state index in [0.29, 0.717) is 15.7 Å². The van der Waals surface area contributed by atoms with E-state index in [-0.39, 0.29) is 23.8 Å². The number of hydrogen-bond acceptors (Lipinski definition) is 2. The van der Waals surface area contributed by atoms with Crippen LogP contribution in [0.5, 0.6) is 0 Å². The molecule has 18 heavy (non-hydrogen) atoms. The van der Waals surface area contributed by atoms with E-state index in [1.165, 1.54) is 0 Å². The lowest BCUT2D eigenvalue weighted by Crippen LogP contribution is -2.38. The van der Waals surface area contributed by atoms with Crippen molar-refractivity contribution >= 4 is 34.8 Å². The molecule has 0 heterocycles. The van der Waals surface area contributed by atoms with E-state index in [9.17, 15) is 4.79 Å². The third-order valence-corrected chi connectivity index (χ3v) is 3.56. The van der Waals surface area contributed by atoms with Crippen molar-refractivity contribution in [2.75, 3.05) is 5.32 Å². The van der Waals surface area contributed by atoms with Gasteiger partial charge < -0.3 is 11.1 Å². The van der Waals surface area contributed by atoms with Gasteiger partial charge in [-0.2, -0.15) is 0 Å². The van der Waals surface area contributed by atoms with Crippen LogP contribution in [0.3, 0.4) is 0 Å². The summed E-state index contributed by atoms with van der Waals surface area (Å²) in [6.45, 7) is 5.99. The topological polar surface area (TPSA) is 55.1 Å². The third-order valence-electron chi connectivity index (χ3n) is 2.74. The molecule has 0 fully saturated rings. The smallest absolute Gasteiger partial charge is 0.225 e. The molecule has 1 rings (SSSR count). The molecule has 1 aromatic rings. The monoisotopic (exact) mass is 288 g/mol. The van der Waals surface area contributed by atoms with Crippen molar-refractivity contribution in [3.63, 3.8) is 0 Å². The molecule has 0 radical (unpaired) electrons. The Hall–Kier alpha value is -0.770. The summed E-state index contributed by atoms with van der Waals surface area (Å²) >= 11 is 11.9. The molecule has 0 bridgehead atoms. The van der Waals surface area contributed by atoms with Crippen molar-refractivity contribution in [2.24, 2.45) is 11.1 Å². The Morgan fingerprint density at radius 3 is 2.56 bits per heavy atom. The molecule has 1 atom stereocenters. The van der Waals surface area contributed by atoms with Crippen LogP contribution in [0.4, 0.5) is 5.69 Å². The second kappa shape index (κ2) is 5.91. The summed E-state index contributed by atoms with van der Waals surface area (Å²) in [6.07, 6.45) is 0.242. The van der Waals surface area contributed by atoms with E-state index < -0.39 is 0 Å². The first-order valence-electron chi connectivity index (χ1n) is 5.71. The standard InChI is InChI=1S/C13H18Cl2N2O/c1-13(2,3)10(16)7-11(18)17-9-6-4-5-8(14)12(9)15/h4-6,10H,7,16H2,1-3H3,(H,17,18). The molecule has 3 nitrogen and oxygen atoms in total. The number of benzene rings is 1. The molecule has 0 aromatic heterocycles. The summed E-state index contributed by atoms with van der Waals surface area (Å²) in [4.78, 5) is 11.8. The Kier molecular flexibility index (Phi) is 5.02. The number of halogens is 2. The first-order chi connectivity index (χ1) is 8.21. The summed E-state index contributed by atoms with van der Waals surface area (Å²) in [7, 11) is 0. The molecule has 0 saturated heterocycles. The van der Waals surface area contributed by atoms with Gasteiger partial charge in [-0.3, -0.25) is 4.79 Å². The summed E-state index contributed by atoms with van der Waals surface area (Å²) in [5.74, 6) is -0.165. The van der Waals surface area contributed by atoms with Gasteiger partial charge >= 0.3 is 0 Å². The summed E-state index contributed by atoms with van der Waals surface area (Å²) in [5, 5.41) is 3.47. The Morgan fingerprint density at radius 2 is 2.00 bits per heavy atom. The van der Waals surface area contributed by atoms with Crippen LogP contribution in [0.25, 0.3) is 0 Å². The van der Waals surface area contributed by atoms with Gasteiger partial charge in [0.2, 0.25) is 5.91 Å². The fourth-order valence-corrected chi connectivity index (χ4v) is 1.66. The number of hydrogen-bond donors (Lipinski definition) is 2. The largest absolute Gasteiger partial charge is 0.327 e. The number of carbonyl (C=O) groups is 1. The molecule has 3 N–H and O–H groups in total. The van der Waals surface area contributed by atoms with Crippen molar-refractivity contribution in [1.82, 2.24) is 0 Å².